The first-order valence-electron chi connectivity index (χ1n) is 10.1. The summed E-state index contributed by atoms with van der Waals surface area (Å²) in [6.45, 7) is 2.26. The van der Waals surface area contributed by atoms with Crippen LogP contribution in [0.15, 0.2) is 67.0 Å². The molecule has 4 nitrogen and oxygen atoms in total. The van der Waals surface area contributed by atoms with Crippen LogP contribution in [0.4, 0.5) is 5.69 Å². The van der Waals surface area contributed by atoms with E-state index in [2.05, 4.69) is 59.0 Å². The lowest BCUT2D eigenvalue weighted by atomic mass is 10.0. The minimum atomic E-state index is -0.0713. The third-order valence-electron chi connectivity index (χ3n) is 4.90. The molecule has 1 atom stereocenters. The third-order valence-corrected chi connectivity index (χ3v) is 4.90. The van der Waals surface area contributed by atoms with Crippen LogP contribution in [0.2, 0.25) is 0 Å². The van der Waals surface area contributed by atoms with Gasteiger partial charge in [0.1, 0.15) is 6.17 Å². The van der Waals surface area contributed by atoms with Gasteiger partial charge in [0.2, 0.25) is 0 Å². The summed E-state index contributed by atoms with van der Waals surface area (Å²) in [6, 6.07) is 19.1. The molecule has 0 aliphatic heterocycles. The first kappa shape index (κ1) is 19.2. The number of anilines is 1. The molecule has 142 valence electrons. The largest absolute Gasteiger partial charge is 0.360 e. The van der Waals surface area contributed by atoms with Gasteiger partial charge >= 0.3 is 0 Å². The van der Waals surface area contributed by atoms with Crippen molar-refractivity contribution in [1.29, 1.82) is 0 Å². The Morgan fingerprint density at radius 1 is 0.889 bits per heavy atom. The second-order valence-corrected chi connectivity index (χ2v) is 7.06. The summed E-state index contributed by atoms with van der Waals surface area (Å²) >= 11 is 0. The Hall–Kier alpha value is -2.62. The molecule has 3 aromatic rings. The molecule has 0 saturated heterocycles. The van der Waals surface area contributed by atoms with Crippen LogP contribution >= 0.6 is 0 Å². The monoisotopic (exact) mass is 362 g/mol. The van der Waals surface area contributed by atoms with Gasteiger partial charge in [-0.25, -0.2) is 4.68 Å². The second-order valence-electron chi connectivity index (χ2n) is 7.06. The number of nitrogens with zero attached hydrogens (tertiary/aromatic N) is 3. The van der Waals surface area contributed by atoms with Crippen molar-refractivity contribution >= 4 is 5.69 Å². The molecule has 2 aromatic carbocycles. The second kappa shape index (κ2) is 10.5. The molecule has 27 heavy (non-hydrogen) atoms. The highest BCUT2D eigenvalue weighted by molar-refractivity contribution is 5.45. The fraction of sp³-hybridized carbons (Fsp3) is 0.391. The van der Waals surface area contributed by atoms with Gasteiger partial charge < -0.3 is 5.32 Å². The molecule has 0 spiro atoms. The Morgan fingerprint density at radius 3 is 2.33 bits per heavy atom. The molecule has 1 N–H and O–H groups in total. The third kappa shape index (κ3) is 5.95. The molecule has 0 aliphatic carbocycles. The molecule has 1 aromatic heterocycles. The molecule has 1 unspecified atom stereocenters. The smallest absolute Gasteiger partial charge is 0.148 e. The summed E-state index contributed by atoms with van der Waals surface area (Å²) < 4.78 is 1.86. The van der Waals surface area contributed by atoms with Gasteiger partial charge in [-0.2, -0.15) is 0 Å². The fourth-order valence-electron chi connectivity index (χ4n) is 3.33. The maximum absolute atomic E-state index is 4.20. The quantitative estimate of drug-likeness (QED) is 0.436. The minimum Gasteiger partial charge on any atom is -0.360 e. The number of hydrogen-bond donors (Lipinski definition) is 1. The fourth-order valence-corrected chi connectivity index (χ4v) is 3.33. The van der Waals surface area contributed by atoms with E-state index >= 15 is 0 Å². The lowest BCUT2D eigenvalue weighted by Crippen LogP contribution is -2.20. The zero-order valence-electron chi connectivity index (χ0n) is 16.2. The topological polar surface area (TPSA) is 42.7 Å². The molecule has 3 rings (SSSR count). The molecule has 1 heterocycles. The first-order chi connectivity index (χ1) is 13.4. The van der Waals surface area contributed by atoms with Crippen molar-refractivity contribution in [1.82, 2.24) is 15.0 Å². The van der Waals surface area contributed by atoms with Crippen LogP contribution in [0.3, 0.4) is 0 Å². The van der Waals surface area contributed by atoms with E-state index in [0.29, 0.717) is 0 Å². The van der Waals surface area contributed by atoms with E-state index in [-0.39, 0.29) is 6.17 Å². The van der Waals surface area contributed by atoms with Crippen LogP contribution in [0.1, 0.15) is 62.7 Å². The van der Waals surface area contributed by atoms with Gasteiger partial charge in [0.25, 0.3) is 0 Å². The van der Waals surface area contributed by atoms with Gasteiger partial charge in [-0.3, -0.25) is 0 Å². The normalized spacial score (nSPS) is 12.0. The van der Waals surface area contributed by atoms with Crippen LogP contribution in [0.25, 0.3) is 0 Å². The van der Waals surface area contributed by atoms with Gasteiger partial charge in [-0.1, -0.05) is 86.7 Å². The average Bonchev–Trinajstić information content (AvgIpc) is 3.25. The van der Waals surface area contributed by atoms with Crippen molar-refractivity contribution in [3.63, 3.8) is 0 Å². The maximum atomic E-state index is 4.20. The molecule has 0 fully saturated rings. The SMILES string of the molecule is CCCCCCCCc1ccc(C(Nc2ccccc2)n2ccnn2)cc1. The molecule has 0 amide bonds. The standard InChI is InChI=1S/C23H30N4/c1-2-3-4-5-6-8-11-20-14-16-21(17-15-20)23(27-19-18-24-26-27)25-22-12-9-7-10-13-22/h7,9-10,12-19,23,25H,2-6,8,11H2,1H3. The average molecular weight is 363 g/mol. The molecule has 0 radical (unpaired) electrons. The first-order valence-corrected chi connectivity index (χ1v) is 10.1. The maximum Gasteiger partial charge on any atom is 0.148 e. The summed E-state index contributed by atoms with van der Waals surface area (Å²) in [7, 11) is 0. The highest BCUT2D eigenvalue weighted by Crippen LogP contribution is 2.21. The Bertz CT molecular complexity index is 751. The molecular weight excluding hydrogens is 332 g/mol. The van der Waals surface area contributed by atoms with Crippen molar-refractivity contribution in [3.05, 3.63) is 78.1 Å². The highest BCUT2D eigenvalue weighted by atomic mass is 15.5. The molecule has 0 saturated carbocycles. The molecule has 4 heteroatoms. The Kier molecular flexibility index (Phi) is 7.45. The van der Waals surface area contributed by atoms with Crippen LogP contribution in [0.5, 0.6) is 0 Å². The van der Waals surface area contributed by atoms with E-state index in [1.54, 1.807) is 6.20 Å². The Labute approximate surface area is 162 Å². The van der Waals surface area contributed by atoms with Gasteiger partial charge in [-0.15, -0.1) is 5.10 Å². The minimum absolute atomic E-state index is 0.0713. The number of unbranched alkanes of at least 4 members (excludes halogenated alkanes) is 5. The molecule has 0 aliphatic rings. The molecular formula is C23H30N4. The van der Waals surface area contributed by atoms with Crippen molar-refractivity contribution in [2.24, 2.45) is 0 Å². The zero-order chi connectivity index (χ0) is 18.7. The number of benzene rings is 2. The van der Waals surface area contributed by atoms with Gasteiger partial charge in [0, 0.05) is 11.9 Å². The molecule has 0 bridgehead atoms. The van der Waals surface area contributed by atoms with Gasteiger partial charge in [0.05, 0.1) is 6.20 Å². The summed E-state index contributed by atoms with van der Waals surface area (Å²) in [5.74, 6) is 0. The Balaban J connectivity index is 1.61. The summed E-state index contributed by atoms with van der Waals surface area (Å²) in [4.78, 5) is 0. The van der Waals surface area contributed by atoms with Crippen molar-refractivity contribution in [3.8, 4) is 0 Å². The number of nitrogens with one attached hydrogen (secondary N) is 1. The van der Waals surface area contributed by atoms with E-state index in [0.717, 1.165) is 12.1 Å². The van der Waals surface area contributed by atoms with E-state index in [9.17, 15) is 0 Å². The van der Waals surface area contributed by atoms with Crippen molar-refractivity contribution in [2.45, 2.75) is 58.0 Å². The van der Waals surface area contributed by atoms with Gasteiger partial charge in [0.15, 0.2) is 0 Å². The number of hydrogen-bond acceptors (Lipinski definition) is 3. The van der Waals surface area contributed by atoms with E-state index in [1.165, 1.54) is 49.7 Å². The zero-order valence-corrected chi connectivity index (χ0v) is 16.2. The van der Waals surface area contributed by atoms with Crippen LogP contribution < -0.4 is 5.32 Å². The number of para-hydroxylation sites is 1. The van der Waals surface area contributed by atoms with Crippen molar-refractivity contribution in [2.75, 3.05) is 5.32 Å². The summed E-state index contributed by atoms with van der Waals surface area (Å²) in [6.07, 6.45) is 12.7. The summed E-state index contributed by atoms with van der Waals surface area (Å²) in [5, 5.41) is 11.7. The van der Waals surface area contributed by atoms with Crippen molar-refractivity contribution < 1.29 is 0 Å². The highest BCUT2D eigenvalue weighted by Gasteiger charge is 2.14. The van der Waals surface area contributed by atoms with E-state index in [1.807, 2.05) is 29.1 Å². The lowest BCUT2D eigenvalue weighted by molar-refractivity contribution is 0.554. The van der Waals surface area contributed by atoms with Crippen LogP contribution in [-0.2, 0) is 6.42 Å². The summed E-state index contributed by atoms with van der Waals surface area (Å²) in [5.41, 5.74) is 3.65. The Morgan fingerprint density at radius 2 is 1.63 bits per heavy atom. The van der Waals surface area contributed by atoms with Crippen LogP contribution in [-0.4, -0.2) is 15.0 Å². The van der Waals surface area contributed by atoms with E-state index < -0.39 is 0 Å². The predicted molar refractivity (Wildman–Crippen MR) is 112 cm³/mol. The number of rotatable bonds is 11. The number of aryl methyl sites for hydroxylation is 1. The lowest BCUT2D eigenvalue weighted by Gasteiger charge is -2.20. The predicted octanol–water partition coefficient (Wildman–Crippen LogP) is 5.84. The van der Waals surface area contributed by atoms with Crippen LogP contribution in [0, 0.1) is 0 Å². The van der Waals surface area contributed by atoms with Gasteiger partial charge in [-0.05, 0) is 36.1 Å². The number of aromatic nitrogens is 3. The van der Waals surface area contributed by atoms with E-state index in [4.69, 9.17) is 0 Å².